The zero-order valence-electron chi connectivity index (χ0n) is 12.8. The molecule has 2 unspecified atom stereocenters. The van der Waals surface area contributed by atoms with E-state index in [2.05, 4.69) is 10.6 Å². The number of urea groups is 1. The van der Waals surface area contributed by atoms with Crippen LogP contribution in [0.2, 0.25) is 5.02 Å². The highest BCUT2D eigenvalue weighted by Gasteiger charge is 2.37. The maximum absolute atomic E-state index is 13.3. The number of hydrogen-bond acceptors (Lipinski definition) is 3. The lowest BCUT2D eigenvalue weighted by atomic mass is 9.85. The number of hydrogen-bond donors (Lipinski definition) is 3. The van der Waals surface area contributed by atoms with Crippen molar-refractivity contribution in [3.05, 3.63) is 29.0 Å². The molecule has 1 saturated carbocycles. The van der Waals surface area contributed by atoms with Gasteiger partial charge in [0.15, 0.2) is 0 Å². The second-order valence-electron chi connectivity index (χ2n) is 6.02. The summed E-state index contributed by atoms with van der Waals surface area (Å²) in [5.74, 6) is -0.473. The zero-order valence-corrected chi connectivity index (χ0v) is 13.6. The third kappa shape index (κ3) is 4.01. The summed E-state index contributed by atoms with van der Waals surface area (Å²) < 4.78 is 13.3. The number of rotatable bonds is 3. The molecule has 1 aliphatic carbocycles. The highest BCUT2D eigenvalue weighted by atomic mass is 35.5. The Morgan fingerprint density at radius 1 is 1.50 bits per heavy atom. The fourth-order valence-corrected chi connectivity index (χ4v) is 2.92. The van der Waals surface area contributed by atoms with E-state index in [-0.39, 0.29) is 17.1 Å². The molecule has 0 spiro atoms. The zero-order chi connectivity index (χ0) is 16.3. The van der Waals surface area contributed by atoms with E-state index in [1.165, 1.54) is 17.0 Å². The maximum Gasteiger partial charge on any atom is 0.318 e. The average Bonchev–Trinajstić information content (AvgIpc) is 2.42. The van der Waals surface area contributed by atoms with E-state index in [9.17, 15) is 9.18 Å². The van der Waals surface area contributed by atoms with E-state index in [1.54, 1.807) is 20.2 Å². The van der Waals surface area contributed by atoms with Crippen LogP contribution in [0.15, 0.2) is 18.2 Å². The first-order valence-electron chi connectivity index (χ1n) is 7.30. The van der Waals surface area contributed by atoms with Crippen molar-refractivity contribution in [1.29, 1.82) is 0 Å². The standard InChI is InChI=1S/C15H22ClFN4O/c1-21(2)14(22)20-15(7-3-4-10(18)9-15)19-11-5-6-13(17)12(16)8-11/h5-6,8,10,19H,3-4,7,9,18H2,1-2H3,(H,20,22). The van der Waals surface area contributed by atoms with Crippen molar-refractivity contribution in [2.24, 2.45) is 5.73 Å². The summed E-state index contributed by atoms with van der Waals surface area (Å²) >= 11 is 5.83. The van der Waals surface area contributed by atoms with Crippen LogP contribution in [-0.2, 0) is 0 Å². The molecule has 1 aromatic carbocycles. The van der Waals surface area contributed by atoms with Crippen molar-refractivity contribution in [2.75, 3.05) is 19.4 Å². The van der Waals surface area contributed by atoms with E-state index < -0.39 is 11.5 Å². The van der Waals surface area contributed by atoms with Gasteiger partial charge in [0.25, 0.3) is 0 Å². The quantitative estimate of drug-likeness (QED) is 0.747. The molecule has 2 rings (SSSR count). The Morgan fingerprint density at radius 3 is 2.82 bits per heavy atom. The number of nitrogens with two attached hydrogens (primary N) is 1. The van der Waals surface area contributed by atoms with Crippen LogP contribution in [0.5, 0.6) is 0 Å². The van der Waals surface area contributed by atoms with E-state index in [0.29, 0.717) is 12.1 Å². The van der Waals surface area contributed by atoms with Crippen molar-refractivity contribution in [3.8, 4) is 0 Å². The number of nitrogens with zero attached hydrogens (tertiary/aromatic N) is 1. The van der Waals surface area contributed by atoms with Crippen molar-refractivity contribution in [3.63, 3.8) is 0 Å². The number of carbonyl (C=O) groups is 1. The Morgan fingerprint density at radius 2 is 2.23 bits per heavy atom. The molecule has 4 N–H and O–H groups in total. The molecule has 5 nitrogen and oxygen atoms in total. The van der Waals surface area contributed by atoms with E-state index in [4.69, 9.17) is 17.3 Å². The van der Waals surface area contributed by atoms with Crippen LogP contribution in [0.1, 0.15) is 25.7 Å². The average molecular weight is 329 g/mol. The molecule has 1 fully saturated rings. The van der Waals surface area contributed by atoms with Gasteiger partial charge in [-0.05, 0) is 37.5 Å². The first-order chi connectivity index (χ1) is 10.3. The fourth-order valence-electron chi connectivity index (χ4n) is 2.74. The summed E-state index contributed by atoms with van der Waals surface area (Å²) in [5, 5.41) is 6.33. The smallest absolute Gasteiger partial charge is 0.318 e. The Hall–Kier alpha value is -1.53. The topological polar surface area (TPSA) is 70.4 Å². The van der Waals surface area contributed by atoms with Crippen LogP contribution in [0.3, 0.4) is 0 Å². The molecule has 0 bridgehead atoms. The molecule has 0 saturated heterocycles. The molecule has 2 amide bonds. The normalized spacial score (nSPS) is 24.7. The summed E-state index contributed by atoms with van der Waals surface area (Å²) in [4.78, 5) is 13.6. The molecule has 2 atom stereocenters. The first kappa shape index (κ1) is 16.8. The monoisotopic (exact) mass is 328 g/mol. The third-order valence-electron chi connectivity index (χ3n) is 3.84. The van der Waals surface area contributed by atoms with E-state index >= 15 is 0 Å². The van der Waals surface area contributed by atoms with Gasteiger partial charge in [-0.25, -0.2) is 9.18 Å². The summed E-state index contributed by atoms with van der Waals surface area (Å²) in [6, 6.07) is 4.22. The molecular formula is C15H22ClFN4O. The van der Waals surface area contributed by atoms with Gasteiger partial charge in [-0.15, -0.1) is 0 Å². The SMILES string of the molecule is CN(C)C(=O)NC1(Nc2ccc(F)c(Cl)c2)CCCC(N)C1. The Kier molecular flexibility index (Phi) is 5.13. The van der Waals surface area contributed by atoms with Crippen LogP contribution >= 0.6 is 11.6 Å². The van der Waals surface area contributed by atoms with Gasteiger partial charge in [0.2, 0.25) is 0 Å². The molecule has 22 heavy (non-hydrogen) atoms. The van der Waals surface area contributed by atoms with Gasteiger partial charge in [0.1, 0.15) is 11.5 Å². The Balaban J connectivity index is 2.23. The predicted octanol–water partition coefficient (Wildman–Crippen LogP) is 2.76. The molecule has 0 aromatic heterocycles. The number of benzene rings is 1. The fraction of sp³-hybridized carbons (Fsp3) is 0.533. The number of anilines is 1. The van der Waals surface area contributed by atoms with Gasteiger partial charge in [-0.1, -0.05) is 11.6 Å². The number of halogens is 2. The number of carbonyl (C=O) groups excluding carboxylic acids is 1. The predicted molar refractivity (Wildman–Crippen MR) is 86.4 cm³/mol. The molecule has 1 aromatic rings. The number of nitrogens with one attached hydrogen (secondary N) is 2. The summed E-state index contributed by atoms with van der Waals surface area (Å²) in [7, 11) is 3.36. The van der Waals surface area contributed by atoms with Crippen molar-refractivity contribution < 1.29 is 9.18 Å². The van der Waals surface area contributed by atoms with Gasteiger partial charge in [0.05, 0.1) is 5.02 Å². The lowest BCUT2D eigenvalue weighted by molar-refractivity contribution is 0.188. The van der Waals surface area contributed by atoms with E-state index in [1.807, 2.05) is 0 Å². The molecule has 0 radical (unpaired) electrons. The lowest BCUT2D eigenvalue weighted by Crippen LogP contribution is -2.60. The largest absolute Gasteiger partial charge is 0.363 e. The summed E-state index contributed by atoms with van der Waals surface area (Å²) in [6.07, 6.45) is 3.17. The minimum absolute atomic E-state index is 0.000340. The van der Waals surface area contributed by atoms with Gasteiger partial charge in [-0.2, -0.15) is 0 Å². The minimum atomic E-state index is -0.653. The maximum atomic E-state index is 13.3. The van der Waals surface area contributed by atoms with Gasteiger partial charge >= 0.3 is 6.03 Å². The molecule has 0 aliphatic heterocycles. The first-order valence-corrected chi connectivity index (χ1v) is 7.67. The van der Waals surface area contributed by atoms with Crippen LogP contribution in [0, 0.1) is 5.82 Å². The van der Waals surface area contributed by atoms with Gasteiger partial charge in [0, 0.05) is 32.2 Å². The van der Waals surface area contributed by atoms with Gasteiger partial charge in [-0.3, -0.25) is 0 Å². The number of amides is 2. The second kappa shape index (κ2) is 6.71. The minimum Gasteiger partial charge on any atom is -0.363 e. The van der Waals surface area contributed by atoms with E-state index in [0.717, 1.165) is 19.3 Å². The second-order valence-corrected chi connectivity index (χ2v) is 6.42. The molecule has 122 valence electrons. The van der Waals surface area contributed by atoms with Crippen LogP contribution < -0.4 is 16.4 Å². The highest BCUT2D eigenvalue weighted by molar-refractivity contribution is 6.31. The van der Waals surface area contributed by atoms with Crippen molar-refractivity contribution in [1.82, 2.24) is 10.2 Å². The van der Waals surface area contributed by atoms with Crippen LogP contribution in [0.25, 0.3) is 0 Å². The molecule has 0 heterocycles. The Bertz CT molecular complexity index is 554. The molecule has 1 aliphatic rings. The summed E-state index contributed by atoms with van der Waals surface area (Å²) in [5.41, 5.74) is 6.08. The third-order valence-corrected chi connectivity index (χ3v) is 4.13. The molecular weight excluding hydrogens is 307 g/mol. The van der Waals surface area contributed by atoms with Crippen LogP contribution in [-0.4, -0.2) is 36.7 Å². The summed E-state index contributed by atoms with van der Waals surface area (Å²) in [6.45, 7) is 0. The highest BCUT2D eigenvalue weighted by Crippen LogP contribution is 2.30. The van der Waals surface area contributed by atoms with Crippen molar-refractivity contribution >= 4 is 23.3 Å². The Labute approximate surface area is 135 Å². The van der Waals surface area contributed by atoms with Gasteiger partial charge < -0.3 is 21.3 Å². The van der Waals surface area contributed by atoms with Crippen LogP contribution in [0.4, 0.5) is 14.9 Å². The molecule has 7 heteroatoms. The van der Waals surface area contributed by atoms with Crippen molar-refractivity contribution in [2.45, 2.75) is 37.4 Å². The lowest BCUT2D eigenvalue weighted by Gasteiger charge is -2.42.